The second-order valence-electron chi connectivity index (χ2n) is 6.29. The number of hydrogen-bond acceptors (Lipinski definition) is 4. The first-order valence-electron chi connectivity index (χ1n) is 9.12. The van der Waals surface area contributed by atoms with E-state index in [9.17, 15) is 13.2 Å². The third-order valence-electron chi connectivity index (χ3n) is 4.10. The molecule has 3 aromatic rings. The number of amides is 1. The predicted molar refractivity (Wildman–Crippen MR) is 119 cm³/mol. The Bertz CT molecular complexity index is 1020. The summed E-state index contributed by atoms with van der Waals surface area (Å²) in [4.78, 5) is 12.4. The fraction of sp³-hybridized carbons (Fsp3) is 0.136. The Balaban J connectivity index is 1.46. The summed E-state index contributed by atoms with van der Waals surface area (Å²) in [5.41, 5.74) is 2.15. The predicted octanol–water partition coefficient (Wildman–Crippen LogP) is 4.15. The lowest BCUT2D eigenvalue weighted by molar-refractivity contribution is 0.0956. The molecule has 7 heteroatoms. The van der Waals surface area contributed by atoms with Crippen LogP contribution in [0.2, 0.25) is 0 Å². The highest BCUT2D eigenvalue weighted by molar-refractivity contribution is 7.98. The van der Waals surface area contributed by atoms with E-state index < -0.39 is 10.0 Å². The smallest absolute Gasteiger partial charge is 0.261 e. The van der Waals surface area contributed by atoms with Gasteiger partial charge in [0.1, 0.15) is 0 Å². The van der Waals surface area contributed by atoms with Crippen LogP contribution in [0.4, 0.5) is 5.69 Å². The zero-order valence-electron chi connectivity index (χ0n) is 15.7. The molecule has 29 heavy (non-hydrogen) atoms. The summed E-state index contributed by atoms with van der Waals surface area (Å²) in [6.07, 6.45) is 0. The third kappa shape index (κ3) is 6.37. The molecule has 0 atom stereocenters. The molecule has 3 rings (SSSR count). The first-order valence-corrected chi connectivity index (χ1v) is 11.8. The largest absolute Gasteiger partial charge is 0.351 e. The molecule has 0 bridgehead atoms. The van der Waals surface area contributed by atoms with Crippen LogP contribution in [-0.4, -0.2) is 26.6 Å². The SMILES string of the molecule is O=C(NCCSCc1ccccc1)c1ccc(NS(=O)(=O)c2ccccc2)cc1. The third-order valence-corrected chi connectivity index (χ3v) is 6.52. The highest BCUT2D eigenvalue weighted by atomic mass is 32.2. The van der Waals surface area contributed by atoms with Crippen molar-refractivity contribution in [2.45, 2.75) is 10.6 Å². The molecule has 0 fully saturated rings. The molecular weight excluding hydrogens is 404 g/mol. The molecule has 1 amide bonds. The average Bonchev–Trinajstić information content (AvgIpc) is 2.75. The van der Waals surface area contributed by atoms with E-state index in [0.717, 1.165) is 11.5 Å². The number of sulfonamides is 1. The molecule has 0 aliphatic carbocycles. The number of carbonyl (C=O) groups is 1. The fourth-order valence-corrected chi connectivity index (χ4v) is 4.50. The van der Waals surface area contributed by atoms with Gasteiger partial charge in [0.25, 0.3) is 15.9 Å². The van der Waals surface area contributed by atoms with Crippen molar-refractivity contribution in [1.29, 1.82) is 0 Å². The number of rotatable bonds is 9. The van der Waals surface area contributed by atoms with Crippen molar-refractivity contribution in [3.8, 4) is 0 Å². The van der Waals surface area contributed by atoms with Crippen LogP contribution in [0, 0.1) is 0 Å². The van der Waals surface area contributed by atoms with Crippen LogP contribution < -0.4 is 10.0 Å². The zero-order chi connectivity index (χ0) is 20.5. The number of nitrogens with one attached hydrogen (secondary N) is 2. The second kappa shape index (κ2) is 10.1. The summed E-state index contributed by atoms with van der Waals surface area (Å²) in [6, 6.07) is 24.7. The van der Waals surface area contributed by atoms with E-state index in [0.29, 0.717) is 17.8 Å². The Morgan fingerprint density at radius 1 is 0.828 bits per heavy atom. The van der Waals surface area contributed by atoms with Crippen molar-refractivity contribution in [2.24, 2.45) is 0 Å². The van der Waals surface area contributed by atoms with E-state index >= 15 is 0 Å². The van der Waals surface area contributed by atoms with Crippen molar-refractivity contribution < 1.29 is 13.2 Å². The average molecular weight is 427 g/mol. The van der Waals surface area contributed by atoms with Crippen LogP contribution in [0.1, 0.15) is 15.9 Å². The molecule has 5 nitrogen and oxygen atoms in total. The lowest BCUT2D eigenvalue weighted by atomic mass is 10.2. The summed E-state index contributed by atoms with van der Waals surface area (Å²) in [5.74, 6) is 1.55. The van der Waals surface area contributed by atoms with E-state index in [-0.39, 0.29) is 10.8 Å². The van der Waals surface area contributed by atoms with Gasteiger partial charge in [-0.3, -0.25) is 9.52 Å². The molecule has 150 valence electrons. The van der Waals surface area contributed by atoms with Gasteiger partial charge in [-0.25, -0.2) is 8.42 Å². The van der Waals surface area contributed by atoms with Gasteiger partial charge in [-0.05, 0) is 42.0 Å². The lowest BCUT2D eigenvalue weighted by Crippen LogP contribution is -2.25. The van der Waals surface area contributed by atoms with Gasteiger partial charge in [-0.1, -0.05) is 48.5 Å². The van der Waals surface area contributed by atoms with Gasteiger partial charge in [0.2, 0.25) is 0 Å². The Morgan fingerprint density at radius 2 is 1.45 bits per heavy atom. The lowest BCUT2D eigenvalue weighted by Gasteiger charge is -2.09. The van der Waals surface area contributed by atoms with E-state index in [1.807, 2.05) is 18.2 Å². The first kappa shape index (κ1) is 21.0. The van der Waals surface area contributed by atoms with Crippen LogP contribution in [0.3, 0.4) is 0 Å². The van der Waals surface area contributed by atoms with E-state index in [1.54, 1.807) is 54.2 Å². The van der Waals surface area contributed by atoms with Crippen molar-refractivity contribution in [2.75, 3.05) is 17.0 Å². The summed E-state index contributed by atoms with van der Waals surface area (Å²) in [6.45, 7) is 0.568. The molecule has 0 spiro atoms. The number of anilines is 1. The fourth-order valence-electron chi connectivity index (χ4n) is 2.61. The number of thioether (sulfide) groups is 1. The Kier molecular flexibility index (Phi) is 7.32. The summed E-state index contributed by atoms with van der Waals surface area (Å²) < 4.78 is 27.2. The zero-order valence-corrected chi connectivity index (χ0v) is 17.4. The summed E-state index contributed by atoms with van der Waals surface area (Å²) >= 11 is 1.76. The van der Waals surface area contributed by atoms with Crippen molar-refractivity contribution in [3.63, 3.8) is 0 Å². The molecule has 0 heterocycles. The monoisotopic (exact) mass is 426 g/mol. The number of hydrogen-bond donors (Lipinski definition) is 2. The highest BCUT2D eigenvalue weighted by Gasteiger charge is 2.13. The van der Waals surface area contributed by atoms with Gasteiger partial charge in [0.05, 0.1) is 4.90 Å². The normalized spacial score (nSPS) is 11.0. The van der Waals surface area contributed by atoms with E-state index in [1.165, 1.54) is 17.7 Å². The molecule has 0 aromatic heterocycles. The van der Waals surface area contributed by atoms with Crippen LogP contribution in [-0.2, 0) is 15.8 Å². The van der Waals surface area contributed by atoms with Crippen molar-refractivity contribution in [1.82, 2.24) is 5.32 Å². The van der Waals surface area contributed by atoms with Gasteiger partial charge in [0.15, 0.2) is 0 Å². The Labute approximate surface area is 175 Å². The minimum atomic E-state index is -3.64. The maximum atomic E-state index is 12.3. The molecule has 0 radical (unpaired) electrons. The highest BCUT2D eigenvalue weighted by Crippen LogP contribution is 2.16. The van der Waals surface area contributed by atoms with E-state index in [4.69, 9.17) is 0 Å². The number of carbonyl (C=O) groups excluding carboxylic acids is 1. The maximum absolute atomic E-state index is 12.3. The molecule has 2 N–H and O–H groups in total. The number of benzene rings is 3. The maximum Gasteiger partial charge on any atom is 0.261 e. The molecule has 3 aromatic carbocycles. The minimum Gasteiger partial charge on any atom is -0.351 e. The molecule has 0 aliphatic rings. The molecule has 0 unspecified atom stereocenters. The Hall–Kier alpha value is -2.77. The summed E-state index contributed by atoms with van der Waals surface area (Å²) in [7, 11) is -3.64. The van der Waals surface area contributed by atoms with Gasteiger partial charge >= 0.3 is 0 Å². The Morgan fingerprint density at radius 3 is 2.10 bits per heavy atom. The van der Waals surface area contributed by atoms with Crippen LogP contribution in [0.15, 0.2) is 89.8 Å². The molecule has 0 aliphatic heterocycles. The van der Waals surface area contributed by atoms with Crippen LogP contribution >= 0.6 is 11.8 Å². The van der Waals surface area contributed by atoms with Crippen LogP contribution in [0.5, 0.6) is 0 Å². The summed E-state index contributed by atoms with van der Waals surface area (Å²) in [5, 5.41) is 2.88. The van der Waals surface area contributed by atoms with Gasteiger partial charge < -0.3 is 5.32 Å². The standard InChI is InChI=1S/C22H22N2O3S2/c25-22(23-15-16-28-17-18-7-3-1-4-8-18)19-11-13-20(14-12-19)24-29(26,27)21-9-5-2-6-10-21/h1-14,24H,15-17H2,(H,23,25). The minimum absolute atomic E-state index is 0.178. The van der Waals surface area contributed by atoms with Gasteiger partial charge in [-0.15, -0.1) is 0 Å². The van der Waals surface area contributed by atoms with E-state index in [2.05, 4.69) is 22.2 Å². The molecule has 0 saturated heterocycles. The second-order valence-corrected chi connectivity index (χ2v) is 9.08. The van der Waals surface area contributed by atoms with Gasteiger partial charge in [0, 0.05) is 29.3 Å². The van der Waals surface area contributed by atoms with Gasteiger partial charge in [-0.2, -0.15) is 11.8 Å². The molecular formula is C22H22N2O3S2. The van der Waals surface area contributed by atoms with Crippen molar-refractivity contribution >= 4 is 33.4 Å². The van der Waals surface area contributed by atoms with Crippen molar-refractivity contribution in [3.05, 3.63) is 96.1 Å². The molecule has 0 saturated carbocycles. The topological polar surface area (TPSA) is 75.3 Å². The quantitative estimate of drug-likeness (QED) is 0.504. The van der Waals surface area contributed by atoms with Crippen LogP contribution in [0.25, 0.3) is 0 Å². The first-order chi connectivity index (χ1) is 14.0.